The zero-order valence-corrected chi connectivity index (χ0v) is 14.6. The second-order valence-electron chi connectivity index (χ2n) is 6.27. The van der Waals surface area contributed by atoms with Crippen LogP contribution in [-0.2, 0) is 13.1 Å². The van der Waals surface area contributed by atoms with Crippen LogP contribution in [0.4, 0.5) is 13.2 Å². The van der Waals surface area contributed by atoms with Crippen molar-refractivity contribution in [3.63, 3.8) is 0 Å². The van der Waals surface area contributed by atoms with Crippen LogP contribution in [0.2, 0.25) is 0 Å². The standard InChI is InChI=1S/C18H21F3N2OS/c19-16-3-4-17(20)18(21)15(16)12-22-6-7-23(13(10-22)5-8-24)11-14-2-1-9-25-14/h1-4,9,13,24H,5-8,10-12H2/t13-/m0/s1. The van der Waals surface area contributed by atoms with E-state index in [4.69, 9.17) is 0 Å². The van der Waals surface area contributed by atoms with E-state index in [1.807, 2.05) is 16.3 Å². The van der Waals surface area contributed by atoms with Crippen LogP contribution >= 0.6 is 11.3 Å². The molecule has 0 saturated carbocycles. The number of aliphatic hydroxyl groups excluding tert-OH is 1. The molecule has 25 heavy (non-hydrogen) atoms. The Morgan fingerprint density at radius 2 is 1.88 bits per heavy atom. The van der Waals surface area contributed by atoms with Crippen molar-refractivity contribution in [3.05, 3.63) is 57.5 Å². The second kappa shape index (κ2) is 8.31. The first kappa shape index (κ1) is 18.4. The molecule has 0 amide bonds. The van der Waals surface area contributed by atoms with Crippen molar-refractivity contribution in [2.75, 3.05) is 26.2 Å². The van der Waals surface area contributed by atoms with Crippen molar-refractivity contribution < 1.29 is 18.3 Å². The number of piperazine rings is 1. The molecule has 3 nitrogen and oxygen atoms in total. The summed E-state index contributed by atoms with van der Waals surface area (Å²) in [5.74, 6) is -2.86. The third-order valence-corrected chi connectivity index (χ3v) is 5.47. The summed E-state index contributed by atoms with van der Waals surface area (Å²) in [6.45, 7) is 2.86. The molecule has 0 unspecified atom stereocenters. The quantitative estimate of drug-likeness (QED) is 0.791. The lowest BCUT2D eigenvalue weighted by Gasteiger charge is -2.41. The highest BCUT2D eigenvalue weighted by atomic mass is 32.1. The van der Waals surface area contributed by atoms with Gasteiger partial charge >= 0.3 is 0 Å². The number of benzene rings is 1. The second-order valence-corrected chi connectivity index (χ2v) is 7.31. The van der Waals surface area contributed by atoms with E-state index in [0.717, 1.165) is 25.2 Å². The van der Waals surface area contributed by atoms with Crippen molar-refractivity contribution in [3.8, 4) is 0 Å². The Morgan fingerprint density at radius 1 is 1.08 bits per heavy atom. The minimum Gasteiger partial charge on any atom is -0.396 e. The highest BCUT2D eigenvalue weighted by molar-refractivity contribution is 7.09. The Labute approximate surface area is 149 Å². The molecule has 1 saturated heterocycles. The molecule has 0 bridgehead atoms. The lowest BCUT2D eigenvalue weighted by Crippen LogP contribution is -2.52. The fraction of sp³-hybridized carbons (Fsp3) is 0.444. The van der Waals surface area contributed by atoms with Crippen molar-refractivity contribution in [2.24, 2.45) is 0 Å². The summed E-state index contributed by atoms with van der Waals surface area (Å²) in [6, 6.07) is 5.95. The van der Waals surface area contributed by atoms with Gasteiger partial charge in [-0.3, -0.25) is 9.80 Å². The zero-order chi connectivity index (χ0) is 17.8. The van der Waals surface area contributed by atoms with Crippen molar-refractivity contribution in [1.82, 2.24) is 9.80 Å². The summed E-state index contributed by atoms with van der Waals surface area (Å²) >= 11 is 1.69. The predicted octanol–water partition coefficient (Wildman–Crippen LogP) is 3.23. The molecule has 1 N–H and O–H groups in total. The van der Waals surface area contributed by atoms with Gasteiger partial charge in [-0.25, -0.2) is 13.2 Å². The molecule has 7 heteroatoms. The van der Waals surface area contributed by atoms with E-state index in [1.165, 1.54) is 4.88 Å². The van der Waals surface area contributed by atoms with Crippen LogP contribution in [0.1, 0.15) is 16.9 Å². The van der Waals surface area contributed by atoms with E-state index in [-0.39, 0.29) is 24.8 Å². The summed E-state index contributed by atoms with van der Waals surface area (Å²) in [7, 11) is 0. The van der Waals surface area contributed by atoms with Crippen LogP contribution in [0, 0.1) is 17.5 Å². The molecule has 3 rings (SSSR count). The maximum atomic E-state index is 13.9. The molecular formula is C18H21F3N2OS. The maximum Gasteiger partial charge on any atom is 0.166 e. The molecule has 2 heterocycles. The average molecular weight is 370 g/mol. The predicted molar refractivity (Wildman–Crippen MR) is 91.8 cm³/mol. The van der Waals surface area contributed by atoms with Gasteiger partial charge in [0, 0.05) is 55.8 Å². The van der Waals surface area contributed by atoms with Gasteiger partial charge in [-0.05, 0) is 30.0 Å². The molecule has 2 aromatic rings. The SMILES string of the molecule is OCC[C@H]1CN(Cc2c(F)ccc(F)c2F)CCN1Cc1cccs1. The van der Waals surface area contributed by atoms with E-state index < -0.39 is 17.5 Å². The van der Waals surface area contributed by atoms with Crippen molar-refractivity contribution in [2.45, 2.75) is 25.6 Å². The molecule has 1 atom stereocenters. The molecule has 0 spiro atoms. The summed E-state index contributed by atoms with van der Waals surface area (Å²) in [5, 5.41) is 11.4. The Hall–Kier alpha value is -1.41. The fourth-order valence-electron chi connectivity index (χ4n) is 3.27. The number of halogens is 3. The number of hydrogen-bond acceptors (Lipinski definition) is 4. The Bertz CT molecular complexity index is 696. The Morgan fingerprint density at radius 3 is 2.60 bits per heavy atom. The largest absolute Gasteiger partial charge is 0.396 e. The summed E-state index contributed by atoms with van der Waals surface area (Å²) in [6.07, 6.45) is 0.593. The molecule has 1 fully saturated rings. The van der Waals surface area contributed by atoms with Crippen molar-refractivity contribution in [1.29, 1.82) is 0 Å². The van der Waals surface area contributed by atoms with Gasteiger partial charge in [0.2, 0.25) is 0 Å². The van der Waals surface area contributed by atoms with Crippen molar-refractivity contribution >= 4 is 11.3 Å². The molecule has 1 aliphatic rings. The molecular weight excluding hydrogens is 349 g/mol. The van der Waals surface area contributed by atoms with Gasteiger partial charge in [-0.2, -0.15) is 0 Å². The molecule has 0 radical (unpaired) electrons. The first-order chi connectivity index (χ1) is 12.1. The first-order valence-corrected chi connectivity index (χ1v) is 9.18. The summed E-state index contributed by atoms with van der Waals surface area (Å²) < 4.78 is 41.2. The van der Waals surface area contributed by atoms with Gasteiger partial charge in [-0.15, -0.1) is 11.3 Å². The third-order valence-electron chi connectivity index (χ3n) is 4.61. The van der Waals surface area contributed by atoms with Gasteiger partial charge in [-0.1, -0.05) is 6.07 Å². The Balaban J connectivity index is 1.68. The van der Waals surface area contributed by atoms with Gasteiger partial charge in [0.15, 0.2) is 11.6 Å². The third kappa shape index (κ3) is 4.41. The first-order valence-electron chi connectivity index (χ1n) is 8.30. The van der Waals surface area contributed by atoms with E-state index >= 15 is 0 Å². The number of aliphatic hydroxyl groups is 1. The molecule has 136 valence electrons. The topological polar surface area (TPSA) is 26.7 Å². The lowest BCUT2D eigenvalue weighted by atomic mass is 10.1. The van der Waals surface area contributed by atoms with Crippen LogP contribution in [0.3, 0.4) is 0 Å². The maximum absolute atomic E-state index is 13.9. The number of nitrogens with zero attached hydrogens (tertiary/aromatic N) is 2. The minimum atomic E-state index is -1.11. The van der Waals surface area contributed by atoms with Gasteiger partial charge in [0.25, 0.3) is 0 Å². The molecule has 1 aromatic heterocycles. The number of thiophene rings is 1. The highest BCUT2D eigenvalue weighted by Crippen LogP contribution is 2.23. The van der Waals surface area contributed by atoms with Crippen LogP contribution in [0.15, 0.2) is 29.6 Å². The van der Waals surface area contributed by atoms with Gasteiger partial charge in [0.1, 0.15) is 5.82 Å². The van der Waals surface area contributed by atoms with E-state index in [0.29, 0.717) is 19.5 Å². The Kier molecular flexibility index (Phi) is 6.11. The monoisotopic (exact) mass is 370 g/mol. The van der Waals surface area contributed by atoms with Crippen LogP contribution in [0.25, 0.3) is 0 Å². The van der Waals surface area contributed by atoms with Crippen LogP contribution in [0.5, 0.6) is 0 Å². The molecule has 1 aliphatic heterocycles. The van der Waals surface area contributed by atoms with E-state index in [2.05, 4.69) is 11.0 Å². The zero-order valence-electron chi connectivity index (χ0n) is 13.8. The smallest absolute Gasteiger partial charge is 0.166 e. The van der Waals surface area contributed by atoms with Crippen LogP contribution < -0.4 is 0 Å². The normalized spacial score (nSPS) is 19.4. The van der Waals surface area contributed by atoms with E-state index in [1.54, 1.807) is 11.3 Å². The fourth-order valence-corrected chi connectivity index (χ4v) is 4.00. The highest BCUT2D eigenvalue weighted by Gasteiger charge is 2.28. The number of rotatable bonds is 6. The van der Waals surface area contributed by atoms with Crippen LogP contribution in [-0.4, -0.2) is 47.2 Å². The lowest BCUT2D eigenvalue weighted by molar-refractivity contribution is 0.0495. The number of hydrogen-bond donors (Lipinski definition) is 1. The molecule has 0 aliphatic carbocycles. The van der Waals surface area contributed by atoms with Gasteiger partial charge in [0.05, 0.1) is 0 Å². The van der Waals surface area contributed by atoms with E-state index in [9.17, 15) is 18.3 Å². The van der Waals surface area contributed by atoms with Gasteiger partial charge < -0.3 is 5.11 Å². The minimum absolute atomic E-state index is 0.0319. The molecule has 1 aromatic carbocycles. The summed E-state index contributed by atoms with van der Waals surface area (Å²) in [5.41, 5.74) is -0.227. The summed E-state index contributed by atoms with van der Waals surface area (Å²) in [4.78, 5) is 5.46. The average Bonchev–Trinajstić information content (AvgIpc) is 3.11.